The molecule has 0 aliphatic rings. The third-order valence-electron chi connectivity index (χ3n) is 4.86. The normalized spacial score (nSPS) is 12.3. The van der Waals surface area contributed by atoms with Gasteiger partial charge < -0.3 is 16.0 Å². The molecule has 0 bridgehead atoms. The molecule has 1 aromatic carbocycles. The second kappa shape index (κ2) is 8.85. The van der Waals surface area contributed by atoms with Crippen molar-refractivity contribution in [1.29, 1.82) is 0 Å². The molecule has 0 atom stereocenters. The van der Waals surface area contributed by atoms with E-state index in [0.29, 0.717) is 22.6 Å². The fourth-order valence-electron chi connectivity index (χ4n) is 3.23. The fourth-order valence-corrected chi connectivity index (χ4v) is 3.88. The zero-order valence-electron chi connectivity index (χ0n) is 18.2. The number of nitrogens with one attached hydrogen (secondary N) is 1. The highest BCUT2D eigenvalue weighted by Crippen LogP contribution is 2.41. The number of anilines is 4. The van der Waals surface area contributed by atoms with Crippen LogP contribution >= 0.6 is 23.2 Å². The Kier molecular flexibility index (Phi) is 6.29. The van der Waals surface area contributed by atoms with Gasteiger partial charge in [0.1, 0.15) is 17.3 Å². The van der Waals surface area contributed by atoms with E-state index in [4.69, 9.17) is 28.9 Å². The van der Waals surface area contributed by atoms with Crippen molar-refractivity contribution < 1.29 is 26.3 Å². The van der Waals surface area contributed by atoms with Crippen LogP contribution in [0.15, 0.2) is 30.5 Å². The van der Waals surface area contributed by atoms with Crippen molar-refractivity contribution in [1.82, 2.24) is 24.7 Å². The number of nitrogens with two attached hydrogens (primary N) is 1. The second-order valence-corrected chi connectivity index (χ2v) is 8.41. The Morgan fingerprint density at radius 3 is 2.11 bits per heavy atom. The largest absolute Gasteiger partial charge is 0.434 e. The van der Waals surface area contributed by atoms with Gasteiger partial charge in [0.25, 0.3) is 0 Å². The highest BCUT2D eigenvalue weighted by Gasteiger charge is 2.39. The zero-order valence-corrected chi connectivity index (χ0v) is 19.7. The average molecular weight is 551 g/mol. The first-order valence-electron chi connectivity index (χ1n) is 9.77. The van der Waals surface area contributed by atoms with Gasteiger partial charge in [0.05, 0.1) is 32.9 Å². The molecule has 3 N–H and O–H groups in total. The SMILES string of the molecule is CN(C)c1ccc(Nc2nc(C(F)(F)F)c3c(N)n(-c4c(Cl)cc(C(F)(F)F)cc4Cl)nc3n2)cn1. The summed E-state index contributed by atoms with van der Waals surface area (Å²) in [7, 11) is 3.52. The van der Waals surface area contributed by atoms with E-state index in [2.05, 4.69) is 25.4 Å². The van der Waals surface area contributed by atoms with Crippen molar-refractivity contribution in [3.8, 4) is 5.69 Å². The zero-order chi connectivity index (χ0) is 26.6. The fraction of sp³-hybridized carbons (Fsp3) is 0.200. The number of nitrogen functional groups attached to an aromatic ring is 1. The molecule has 36 heavy (non-hydrogen) atoms. The maximum absolute atomic E-state index is 13.9. The van der Waals surface area contributed by atoms with E-state index in [1.54, 1.807) is 31.1 Å². The Morgan fingerprint density at radius 2 is 1.61 bits per heavy atom. The molecule has 0 saturated carbocycles. The monoisotopic (exact) mass is 550 g/mol. The number of benzene rings is 1. The lowest BCUT2D eigenvalue weighted by Crippen LogP contribution is -2.13. The first-order chi connectivity index (χ1) is 16.7. The number of rotatable bonds is 4. The van der Waals surface area contributed by atoms with Gasteiger partial charge in [0.2, 0.25) is 5.95 Å². The van der Waals surface area contributed by atoms with Crippen LogP contribution in [0.3, 0.4) is 0 Å². The molecular formula is C20H14Cl2F6N8. The molecule has 0 amide bonds. The highest BCUT2D eigenvalue weighted by atomic mass is 35.5. The van der Waals surface area contributed by atoms with Gasteiger partial charge in [-0.1, -0.05) is 23.2 Å². The van der Waals surface area contributed by atoms with Gasteiger partial charge >= 0.3 is 12.4 Å². The van der Waals surface area contributed by atoms with Gasteiger partial charge in [0, 0.05) is 14.1 Å². The standard InChI is InChI=1S/C20H14Cl2F6N8/c1-35(2)12-4-3-9(7-30-12)31-18-32-15(20(26,27)28)13-16(29)36(34-17(13)33-18)14-10(21)5-8(6-11(14)22)19(23,24)25/h3-7H,29H2,1-2H3,(H,31,33,34). The third-order valence-corrected chi connectivity index (χ3v) is 5.43. The van der Waals surface area contributed by atoms with Gasteiger partial charge in [-0.2, -0.15) is 31.3 Å². The first-order valence-corrected chi connectivity index (χ1v) is 10.5. The van der Waals surface area contributed by atoms with Crippen LogP contribution in [-0.2, 0) is 12.4 Å². The van der Waals surface area contributed by atoms with Crippen LogP contribution in [0.2, 0.25) is 10.0 Å². The number of halogens is 8. The number of pyridine rings is 1. The molecule has 3 heterocycles. The van der Waals surface area contributed by atoms with E-state index in [1.807, 2.05) is 0 Å². The molecule has 0 saturated heterocycles. The minimum atomic E-state index is -4.99. The molecule has 8 nitrogen and oxygen atoms in total. The lowest BCUT2D eigenvalue weighted by Gasteiger charge is -2.13. The summed E-state index contributed by atoms with van der Waals surface area (Å²) in [5, 5.41) is 4.80. The smallest absolute Gasteiger partial charge is 0.383 e. The van der Waals surface area contributed by atoms with E-state index < -0.39 is 56.5 Å². The van der Waals surface area contributed by atoms with Crippen LogP contribution in [0, 0.1) is 0 Å². The van der Waals surface area contributed by atoms with E-state index in [-0.39, 0.29) is 11.4 Å². The molecule has 0 unspecified atom stereocenters. The van der Waals surface area contributed by atoms with Crippen molar-refractivity contribution in [2.75, 3.05) is 30.0 Å². The van der Waals surface area contributed by atoms with E-state index in [1.165, 1.54) is 6.20 Å². The summed E-state index contributed by atoms with van der Waals surface area (Å²) in [4.78, 5) is 13.4. The van der Waals surface area contributed by atoms with Gasteiger partial charge in [0.15, 0.2) is 11.3 Å². The van der Waals surface area contributed by atoms with Crippen molar-refractivity contribution in [3.63, 3.8) is 0 Å². The van der Waals surface area contributed by atoms with Gasteiger partial charge in [-0.25, -0.2) is 14.6 Å². The lowest BCUT2D eigenvalue weighted by atomic mass is 10.2. The predicted molar refractivity (Wildman–Crippen MR) is 123 cm³/mol. The Hall–Kier alpha value is -3.52. The number of hydrogen-bond donors (Lipinski definition) is 2. The number of fused-ring (bicyclic) bond motifs is 1. The summed E-state index contributed by atoms with van der Waals surface area (Å²) in [6.07, 6.45) is -8.38. The van der Waals surface area contributed by atoms with Crippen LogP contribution in [0.25, 0.3) is 16.7 Å². The van der Waals surface area contributed by atoms with E-state index in [9.17, 15) is 26.3 Å². The van der Waals surface area contributed by atoms with Crippen LogP contribution in [0.5, 0.6) is 0 Å². The summed E-state index contributed by atoms with van der Waals surface area (Å²) in [6.45, 7) is 0. The Labute approximate surface area is 208 Å². The molecule has 4 aromatic rings. The number of alkyl halides is 6. The van der Waals surface area contributed by atoms with Crippen molar-refractivity contribution in [3.05, 3.63) is 51.8 Å². The number of nitrogens with zero attached hydrogens (tertiary/aromatic N) is 6. The molecule has 16 heteroatoms. The topological polar surface area (TPSA) is 97.8 Å². The summed E-state index contributed by atoms with van der Waals surface area (Å²) in [6, 6.07) is 4.29. The maximum Gasteiger partial charge on any atom is 0.434 e. The van der Waals surface area contributed by atoms with E-state index in [0.717, 1.165) is 0 Å². The van der Waals surface area contributed by atoms with Gasteiger partial charge in [-0.3, -0.25) is 0 Å². The van der Waals surface area contributed by atoms with Crippen molar-refractivity contribution in [2.24, 2.45) is 0 Å². The lowest BCUT2D eigenvalue weighted by molar-refractivity contribution is -0.140. The Bertz CT molecular complexity index is 1430. The molecule has 190 valence electrons. The molecule has 0 aliphatic heterocycles. The van der Waals surface area contributed by atoms with Crippen LogP contribution in [0.1, 0.15) is 11.3 Å². The van der Waals surface area contributed by atoms with Crippen LogP contribution < -0.4 is 16.0 Å². The third kappa shape index (κ3) is 4.78. The maximum atomic E-state index is 13.9. The Morgan fingerprint density at radius 1 is 0.972 bits per heavy atom. The summed E-state index contributed by atoms with van der Waals surface area (Å²) < 4.78 is 81.6. The minimum Gasteiger partial charge on any atom is -0.383 e. The van der Waals surface area contributed by atoms with Gasteiger partial charge in [-0.15, -0.1) is 5.10 Å². The summed E-state index contributed by atoms with van der Waals surface area (Å²) in [5.41, 5.74) is 2.78. The first kappa shape index (κ1) is 25.6. The summed E-state index contributed by atoms with van der Waals surface area (Å²) >= 11 is 12.0. The molecule has 4 rings (SSSR count). The molecule has 0 spiro atoms. The second-order valence-electron chi connectivity index (χ2n) is 7.60. The van der Waals surface area contributed by atoms with Crippen molar-refractivity contribution >= 4 is 57.5 Å². The molecular weight excluding hydrogens is 537 g/mol. The minimum absolute atomic E-state index is 0.286. The number of aromatic nitrogens is 5. The average Bonchev–Trinajstić information content (AvgIpc) is 3.07. The van der Waals surface area contributed by atoms with Gasteiger partial charge in [-0.05, 0) is 24.3 Å². The molecule has 0 fully saturated rings. The quantitative estimate of drug-likeness (QED) is 0.303. The Balaban J connectivity index is 1.87. The predicted octanol–water partition coefficient (Wildman–Crippen LogP) is 5.95. The molecule has 0 radical (unpaired) electrons. The van der Waals surface area contributed by atoms with Crippen LogP contribution in [0.4, 0.5) is 49.6 Å². The summed E-state index contributed by atoms with van der Waals surface area (Å²) in [5.74, 6) is -0.488. The van der Waals surface area contributed by atoms with Crippen LogP contribution in [-0.4, -0.2) is 38.8 Å². The molecule has 3 aromatic heterocycles. The van der Waals surface area contributed by atoms with Crippen molar-refractivity contribution in [2.45, 2.75) is 12.4 Å². The highest BCUT2D eigenvalue weighted by molar-refractivity contribution is 6.38. The number of hydrogen-bond acceptors (Lipinski definition) is 7. The molecule has 0 aliphatic carbocycles. The van der Waals surface area contributed by atoms with E-state index >= 15 is 0 Å².